The number of unbranched alkanes of at least 4 members (excludes halogenated alkanes) is 1. The molecule has 0 bridgehead atoms. The summed E-state index contributed by atoms with van der Waals surface area (Å²) in [6.45, 7) is 2.04. The predicted octanol–water partition coefficient (Wildman–Crippen LogP) is 4.81. The Labute approximate surface area is 169 Å². The number of para-hydroxylation sites is 1. The summed E-state index contributed by atoms with van der Waals surface area (Å²) in [7, 11) is 0. The molecule has 1 heterocycles. The molecule has 4 nitrogen and oxygen atoms in total. The zero-order valence-corrected chi connectivity index (χ0v) is 16.3. The van der Waals surface area contributed by atoms with Crippen LogP contribution in [0.25, 0.3) is 0 Å². The Morgan fingerprint density at radius 3 is 2.62 bits per heavy atom. The molecule has 0 aromatic heterocycles. The number of hydrogen-bond donors (Lipinski definition) is 0. The third-order valence-corrected chi connectivity index (χ3v) is 6.15. The molecule has 0 saturated heterocycles. The number of ketones is 3. The van der Waals surface area contributed by atoms with Crippen LogP contribution in [0.3, 0.4) is 0 Å². The topological polar surface area (TPSA) is 60.4 Å². The Kier molecular flexibility index (Phi) is 5.07. The van der Waals surface area contributed by atoms with Gasteiger partial charge in [0.05, 0.1) is 17.0 Å². The summed E-state index contributed by atoms with van der Waals surface area (Å²) < 4.78 is 20.4. The lowest BCUT2D eigenvalue weighted by atomic mass is 9.63. The summed E-state index contributed by atoms with van der Waals surface area (Å²) in [5.41, 5.74) is -0.654. The molecule has 4 rings (SSSR count). The van der Waals surface area contributed by atoms with Crippen LogP contribution in [0.5, 0.6) is 5.75 Å². The van der Waals surface area contributed by atoms with Gasteiger partial charge in [-0.25, -0.2) is 4.39 Å². The van der Waals surface area contributed by atoms with Gasteiger partial charge in [-0.1, -0.05) is 37.6 Å². The van der Waals surface area contributed by atoms with Gasteiger partial charge in [0, 0.05) is 0 Å². The molecule has 5 heteroatoms. The van der Waals surface area contributed by atoms with Crippen molar-refractivity contribution in [1.29, 1.82) is 0 Å². The van der Waals surface area contributed by atoms with Gasteiger partial charge in [-0.2, -0.15) is 0 Å². The van der Waals surface area contributed by atoms with Gasteiger partial charge in [0.15, 0.2) is 17.3 Å². The molecule has 0 spiro atoms. The van der Waals surface area contributed by atoms with E-state index in [1.54, 1.807) is 30.3 Å². The van der Waals surface area contributed by atoms with Crippen LogP contribution < -0.4 is 4.74 Å². The van der Waals surface area contributed by atoms with Crippen LogP contribution in [0.4, 0.5) is 4.39 Å². The van der Waals surface area contributed by atoms with Gasteiger partial charge in [0.2, 0.25) is 0 Å². The van der Waals surface area contributed by atoms with Crippen LogP contribution >= 0.6 is 0 Å². The first-order chi connectivity index (χ1) is 14.0. The highest BCUT2D eigenvalue weighted by Crippen LogP contribution is 2.48. The van der Waals surface area contributed by atoms with E-state index in [2.05, 4.69) is 0 Å². The first-order valence-electron chi connectivity index (χ1n) is 10.1. The molecule has 2 aromatic carbocycles. The maximum atomic E-state index is 14.1. The van der Waals surface area contributed by atoms with Crippen molar-refractivity contribution in [3.63, 3.8) is 0 Å². The van der Waals surface area contributed by atoms with Gasteiger partial charge in [0.25, 0.3) is 0 Å². The fraction of sp³-hybridized carbons (Fsp3) is 0.375. The smallest absolute Gasteiger partial charge is 0.181 e. The molecule has 1 fully saturated rings. The molecule has 29 heavy (non-hydrogen) atoms. The third-order valence-electron chi connectivity index (χ3n) is 6.15. The van der Waals surface area contributed by atoms with Crippen molar-refractivity contribution in [2.45, 2.75) is 44.6 Å². The number of Topliss-reactive ketones (excluding diaryl/α,β-unsaturated/α-hetero) is 3. The van der Waals surface area contributed by atoms with Crippen molar-refractivity contribution in [3.05, 3.63) is 65.5 Å². The number of hydrogen-bond acceptors (Lipinski definition) is 4. The molecule has 0 radical (unpaired) electrons. The summed E-state index contributed by atoms with van der Waals surface area (Å²) in [4.78, 5) is 39.7. The Morgan fingerprint density at radius 2 is 1.86 bits per heavy atom. The van der Waals surface area contributed by atoms with E-state index in [-0.39, 0.29) is 17.8 Å². The lowest BCUT2D eigenvalue weighted by Gasteiger charge is -2.47. The number of ether oxygens (including phenoxy) is 1. The van der Waals surface area contributed by atoms with Crippen LogP contribution in [-0.4, -0.2) is 23.0 Å². The Hall–Kier alpha value is -2.82. The van der Waals surface area contributed by atoms with Gasteiger partial charge >= 0.3 is 0 Å². The summed E-state index contributed by atoms with van der Waals surface area (Å²) >= 11 is 0. The van der Waals surface area contributed by atoms with Crippen molar-refractivity contribution in [3.8, 4) is 5.75 Å². The zero-order valence-electron chi connectivity index (χ0n) is 16.3. The second-order valence-corrected chi connectivity index (χ2v) is 7.90. The standard InChI is InChI=1S/C24H23FO4/c1-2-3-13-24-14-12-17(21(26)15-8-4-6-10-18(15)25)23(28)20(24)22(27)16-9-5-7-11-19(16)29-24/h4-11,17,20H,2-3,12-14H2,1H3. The number of halogens is 1. The lowest BCUT2D eigenvalue weighted by Crippen LogP contribution is -2.59. The van der Waals surface area contributed by atoms with E-state index in [4.69, 9.17) is 4.74 Å². The van der Waals surface area contributed by atoms with Crippen LogP contribution in [0.15, 0.2) is 48.5 Å². The minimum absolute atomic E-state index is 0.100. The Morgan fingerprint density at radius 1 is 1.14 bits per heavy atom. The molecule has 3 atom stereocenters. The molecule has 0 amide bonds. The first-order valence-corrected chi connectivity index (χ1v) is 10.1. The Balaban J connectivity index is 1.73. The zero-order chi connectivity index (χ0) is 20.6. The molecular formula is C24H23FO4. The predicted molar refractivity (Wildman–Crippen MR) is 106 cm³/mol. The molecule has 1 saturated carbocycles. The maximum absolute atomic E-state index is 14.1. The number of benzene rings is 2. The van der Waals surface area contributed by atoms with E-state index in [1.807, 2.05) is 6.92 Å². The largest absolute Gasteiger partial charge is 0.485 e. The number of carbonyl (C=O) groups excluding carboxylic acids is 3. The molecule has 2 aliphatic rings. The van der Waals surface area contributed by atoms with Crippen molar-refractivity contribution in [2.24, 2.45) is 11.8 Å². The highest BCUT2D eigenvalue weighted by Gasteiger charge is 2.58. The number of rotatable bonds is 5. The van der Waals surface area contributed by atoms with Crippen LogP contribution in [-0.2, 0) is 4.79 Å². The van der Waals surface area contributed by atoms with Crippen molar-refractivity contribution in [2.75, 3.05) is 0 Å². The second-order valence-electron chi connectivity index (χ2n) is 7.90. The van der Waals surface area contributed by atoms with E-state index >= 15 is 0 Å². The Bertz CT molecular complexity index is 982. The molecular weight excluding hydrogens is 371 g/mol. The summed E-state index contributed by atoms with van der Waals surface area (Å²) in [5, 5.41) is 0. The fourth-order valence-electron chi connectivity index (χ4n) is 4.65. The van der Waals surface area contributed by atoms with Gasteiger partial charge in [-0.3, -0.25) is 14.4 Å². The lowest BCUT2D eigenvalue weighted by molar-refractivity contribution is -0.137. The van der Waals surface area contributed by atoms with Gasteiger partial charge in [-0.15, -0.1) is 0 Å². The summed E-state index contributed by atoms with van der Waals surface area (Å²) in [6, 6.07) is 12.6. The number of carbonyl (C=O) groups is 3. The monoisotopic (exact) mass is 394 g/mol. The third kappa shape index (κ3) is 3.18. The molecule has 1 aliphatic heterocycles. The van der Waals surface area contributed by atoms with E-state index in [9.17, 15) is 18.8 Å². The maximum Gasteiger partial charge on any atom is 0.181 e. The van der Waals surface area contributed by atoms with Crippen LogP contribution in [0.1, 0.15) is 59.7 Å². The van der Waals surface area contributed by atoms with Gasteiger partial charge in [-0.05, 0) is 49.9 Å². The molecule has 0 N–H and O–H groups in total. The highest BCUT2D eigenvalue weighted by molar-refractivity contribution is 6.21. The second kappa shape index (κ2) is 7.54. The number of fused-ring (bicyclic) bond motifs is 2. The molecule has 3 unspecified atom stereocenters. The van der Waals surface area contributed by atoms with Crippen molar-refractivity contribution >= 4 is 17.3 Å². The average molecular weight is 394 g/mol. The fourth-order valence-corrected chi connectivity index (χ4v) is 4.65. The average Bonchev–Trinajstić information content (AvgIpc) is 2.72. The van der Waals surface area contributed by atoms with E-state index in [0.717, 1.165) is 12.8 Å². The molecule has 150 valence electrons. The normalized spacial score (nSPS) is 25.7. The van der Waals surface area contributed by atoms with Gasteiger partial charge < -0.3 is 4.74 Å². The van der Waals surface area contributed by atoms with Crippen molar-refractivity contribution in [1.82, 2.24) is 0 Å². The van der Waals surface area contributed by atoms with Gasteiger partial charge in [0.1, 0.15) is 23.1 Å². The quantitative estimate of drug-likeness (QED) is 0.539. The first kappa shape index (κ1) is 19.5. The van der Waals surface area contributed by atoms with Crippen LogP contribution in [0.2, 0.25) is 0 Å². The van der Waals surface area contributed by atoms with E-state index < -0.39 is 34.8 Å². The van der Waals surface area contributed by atoms with E-state index in [1.165, 1.54) is 18.2 Å². The summed E-state index contributed by atoms with van der Waals surface area (Å²) in [5.74, 6) is -3.49. The minimum atomic E-state index is -1.03. The molecule has 1 aliphatic carbocycles. The summed E-state index contributed by atoms with van der Waals surface area (Å²) in [6.07, 6.45) is 2.95. The molecule has 2 aromatic rings. The highest BCUT2D eigenvalue weighted by atomic mass is 19.1. The van der Waals surface area contributed by atoms with E-state index in [0.29, 0.717) is 24.2 Å². The van der Waals surface area contributed by atoms with Crippen LogP contribution in [0, 0.1) is 17.7 Å². The van der Waals surface area contributed by atoms with Crippen molar-refractivity contribution < 1.29 is 23.5 Å². The SMILES string of the molecule is CCCCC12CCC(C(=O)c3ccccc3F)C(=O)C1C(=O)c1ccccc1O2. The minimum Gasteiger partial charge on any atom is -0.485 e.